The molecule has 0 spiro atoms. The Kier molecular flexibility index (Phi) is 8.50. The summed E-state index contributed by atoms with van der Waals surface area (Å²) in [5.74, 6) is -0.145. The Bertz CT molecular complexity index is 985. The lowest BCUT2D eigenvalue weighted by molar-refractivity contribution is 0.0928. The number of hydrogen-bond acceptors (Lipinski definition) is 7. The molecule has 1 aromatic heterocycles. The minimum Gasteiger partial charge on any atom is -0.301 e. The Labute approximate surface area is 197 Å². The van der Waals surface area contributed by atoms with Crippen LogP contribution in [0.4, 0.5) is 0 Å². The molecule has 2 aromatic rings. The molecule has 0 radical (unpaired) electrons. The van der Waals surface area contributed by atoms with E-state index in [-0.39, 0.29) is 17.1 Å². The van der Waals surface area contributed by atoms with Crippen molar-refractivity contribution in [2.45, 2.75) is 40.7 Å². The summed E-state index contributed by atoms with van der Waals surface area (Å²) < 4.78 is 0. The van der Waals surface area contributed by atoms with Gasteiger partial charge >= 0.3 is 0 Å². The Morgan fingerprint density at radius 3 is 2.55 bits per heavy atom. The van der Waals surface area contributed by atoms with Crippen LogP contribution >= 0.6 is 0 Å². The number of carbonyl (C=O) groups excluding carboxylic acids is 1. The number of nitrogens with zero attached hydrogens (tertiary/aromatic N) is 5. The Hall–Kier alpha value is -2.86. The number of hydrazine groups is 1. The Morgan fingerprint density at radius 2 is 1.88 bits per heavy atom. The van der Waals surface area contributed by atoms with Crippen LogP contribution in [0.2, 0.25) is 0 Å². The predicted molar refractivity (Wildman–Crippen MR) is 129 cm³/mol. The molecular formula is C25H35N7O. The van der Waals surface area contributed by atoms with E-state index in [4.69, 9.17) is 0 Å². The number of amides is 1. The van der Waals surface area contributed by atoms with Crippen molar-refractivity contribution >= 4 is 5.91 Å². The highest BCUT2D eigenvalue weighted by Gasteiger charge is 2.19. The molecule has 1 fully saturated rings. The zero-order valence-corrected chi connectivity index (χ0v) is 20.2. The smallest absolute Gasteiger partial charge is 0.266 e. The first-order valence-corrected chi connectivity index (χ1v) is 11.6. The first-order chi connectivity index (χ1) is 15.8. The van der Waals surface area contributed by atoms with Crippen LogP contribution in [0.1, 0.15) is 55.9 Å². The van der Waals surface area contributed by atoms with E-state index in [9.17, 15) is 10.1 Å². The lowest BCUT2D eigenvalue weighted by Crippen LogP contribution is -2.46. The minimum absolute atomic E-state index is 0.0372. The number of rotatable bonds is 8. The molecule has 1 amide bonds. The van der Waals surface area contributed by atoms with Gasteiger partial charge in [-0.1, -0.05) is 33.8 Å². The zero-order chi connectivity index (χ0) is 23.8. The van der Waals surface area contributed by atoms with Crippen molar-refractivity contribution in [2.75, 3.05) is 39.3 Å². The Balaban J connectivity index is 1.81. The molecule has 0 unspecified atom stereocenters. The maximum atomic E-state index is 13.0. The summed E-state index contributed by atoms with van der Waals surface area (Å²) in [5, 5.41) is 9.24. The van der Waals surface area contributed by atoms with Gasteiger partial charge in [-0.05, 0) is 42.1 Å². The monoisotopic (exact) mass is 449 g/mol. The lowest BCUT2D eigenvalue weighted by atomic mass is 9.97. The van der Waals surface area contributed by atoms with Gasteiger partial charge in [-0.2, -0.15) is 5.26 Å². The van der Waals surface area contributed by atoms with Crippen LogP contribution in [0.15, 0.2) is 30.5 Å². The molecule has 0 saturated carbocycles. The molecule has 1 aliphatic rings. The second-order valence-electron chi connectivity index (χ2n) is 9.74. The number of nitrogens with one attached hydrogen (secondary N) is 2. The molecular weight excluding hydrogens is 414 g/mol. The van der Waals surface area contributed by atoms with Crippen molar-refractivity contribution in [1.82, 2.24) is 30.6 Å². The number of hydrogen-bond donors (Lipinski definition) is 2. The van der Waals surface area contributed by atoms with E-state index in [1.807, 2.05) is 24.3 Å². The number of benzene rings is 1. The van der Waals surface area contributed by atoms with Crippen molar-refractivity contribution in [1.29, 1.82) is 5.26 Å². The molecule has 2 heterocycles. The van der Waals surface area contributed by atoms with Crippen molar-refractivity contribution in [3.63, 3.8) is 0 Å². The van der Waals surface area contributed by atoms with Gasteiger partial charge in [0.1, 0.15) is 6.07 Å². The average molecular weight is 450 g/mol. The van der Waals surface area contributed by atoms with Gasteiger partial charge in [0.2, 0.25) is 5.82 Å². The average Bonchev–Trinajstić information content (AvgIpc) is 2.79. The number of nitriles is 1. The van der Waals surface area contributed by atoms with E-state index in [0.29, 0.717) is 23.4 Å². The molecule has 3 rings (SSSR count). The van der Waals surface area contributed by atoms with Gasteiger partial charge in [0.15, 0.2) is 0 Å². The number of aromatic nitrogens is 2. The molecule has 0 bridgehead atoms. The van der Waals surface area contributed by atoms with E-state index in [2.05, 4.69) is 58.3 Å². The molecule has 1 aromatic carbocycles. The second kappa shape index (κ2) is 11.3. The number of carbonyl (C=O) groups is 1. The summed E-state index contributed by atoms with van der Waals surface area (Å²) in [6.45, 7) is 15.3. The summed E-state index contributed by atoms with van der Waals surface area (Å²) in [4.78, 5) is 26.2. The van der Waals surface area contributed by atoms with Gasteiger partial charge in [0, 0.05) is 51.0 Å². The molecule has 0 aliphatic carbocycles. The fourth-order valence-electron chi connectivity index (χ4n) is 3.86. The SMILES string of the molecule is CCCN1CCN(Cc2ccc(C(=O)NNCC(C)(C)C)c(-c3ccnc(C#N)n3)c2)CC1. The normalized spacial score (nSPS) is 15.2. The first-order valence-electron chi connectivity index (χ1n) is 11.6. The van der Waals surface area contributed by atoms with Crippen molar-refractivity contribution < 1.29 is 4.79 Å². The van der Waals surface area contributed by atoms with Crippen LogP contribution in [0.5, 0.6) is 0 Å². The largest absolute Gasteiger partial charge is 0.301 e. The molecule has 176 valence electrons. The van der Waals surface area contributed by atoms with E-state index >= 15 is 0 Å². The molecule has 1 aliphatic heterocycles. The third-order valence-corrected chi connectivity index (χ3v) is 5.59. The standard InChI is InChI=1S/C25H35N7O/c1-5-10-31-11-13-32(14-12-31)17-19-6-7-20(24(33)30-28-18-25(2,3)4)21(15-19)22-8-9-27-23(16-26)29-22/h6-9,15,28H,5,10-14,17-18H2,1-4H3,(H,30,33). The first kappa shape index (κ1) is 24.8. The molecule has 8 heteroatoms. The maximum absolute atomic E-state index is 13.0. The second-order valence-corrected chi connectivity index (χ2v) is 9.74. The lowest BCUT2D eigenvalue weighted by Gasteiger charge is -2.34. The summed E-state index contributed by atoms with van der Waals surface area (Å²) in [5.41, 5.74) is 8.75. The van der Waals surface area contributed by atoms with E-state index in [1.54, 1.807) is 12.3 Å². The van der Waals surface area contributed by atoms with Crippen LogP contribution in [0, 0.1) is 16.7 Å². The fourth-order valence-corrected chi connectivity index (χ4v) is 3.86. The van der Waals surface area contributed by atoms with Crippen molar-refractivity contribution in [3.05, 3.63) is 47.4 Å². The van der Waals surface area contributed by atoms with Crippen LogP contribution in [-0.2, 0) is 6.54 Å². The molecule has 1 saturated heterocycles. The van der Waals surface area contributed by atoms with Gasteiger partial charge < -0.3 is 4.90 Å². The summed E-state index contributed by atoms with van der Waals surface area (Å²) in [6.07, 6.45) is 2.74. The van der Waals surface area contributed by atoms with Crippen molar-refractivity contribution in [2.24, 2.45) is 5.41 Å². The van der Waals surface area contributed by atoms with Gasteiger partial charge in [0.05, 0.1) is 11.3 Å². The zero-order valence-electron chi connectivity index (χ0n) is 20.2. The van der Waals surface area contributed by atoms with E-state index in [1.165, 1.54) is 6.42 Å². The predicted octanol–water partition coefficient (Wildman–Crippen LogP) is 2.82. The van der Waals surface area contributed by atoms with Gasteiger partial charge in [-0.15, -0.1) is 0 Å². The van der Waals surface area contributed by atoms with E-state index < -0.39 is 0 Å². The third kappa shape index (κ3) is 7.32. The highest BCUT2D eigenvalue weighted by Crippen LogP contribution is 2.25. The molecule has 8 nitrogen and oxygen atoms in total. The maximum Gasteiger partial charge on any atom is 0.266 e. The quantitative estimate of drug-likeness (QED) is 0.598. The summed E-state index contributed by atoms with van der Waals surface area (Å²) in [6, 6.07) is 9.59. The van der Waals surface area contributed by atoms with Crippen LogP contribution in [0.3, 0.4) is 0 Å². The van der Waals surface area contributed by atoms with Gasteiger partial charge in [-0.3, -0.25) is 15.1 Å². The highest BCUT2D eigenvalue weighted by atomic mass is 16.2. The fraction of sp³-hybridized carbons (Fsp3) is 0.520. The van der Waals surface area contributed by atoms with Gasteiger partial charge in [-0.25, -0.2) is 15.4 Å². The van der Waals surface area contributed by atoms with Gasteiger partial charge in [0.25, 0.3) is 5.91 Å². The van der Waals surface area contributed by atoms with Crippen molar-refractivity contribution in [3.8, 4) is 17.3 Å². The van der Waals surface area contributed by atoms with Crippen LogP contribution < -0.4 is 10.9 Å². The molecule has 33 heavy (non-hydrogen) atoms. The number of piperazine rings is 1. The van der Waals surface area contributed by atoms with Crippen LogP contribution in [0.25, 0.3) is 11.3 Å². The third-order valence-electron chi connectivity index (χ3n) is 5.59. The van der Waals surface area contributed by atoms with E-state index in [0.717, 1.165) is 44.8 Å². The molecule has 2 N–H and O–H groups in total. The highest BCUT2D eigenvalue weighted by molar-refractivity contribution is 6.00. The van der Waals surface area contributed by atoms with Crippen LogP contribution in [-0.4, -0.2) is 64.9 Å². The Morgan fingerprint density at radius 1 is 1.15 bits per heavy atom. The minimum atomic E-state index is -0.230. The molecule has 0 atom stereocenters. The summed E-state index contributed by atoms with van der Waals surface area (Å²) >= 11 is 0. The topological polar surface area (TPSA) is 97.2 Å². The summed E-state index contributed by atoms with van der Waals surface area (Å²) in [7, 11) is 0.